The van der Waals surface area contributed by atoms with Crippen LogP contribution in [0.3, 0.4) is 0 Å². The minimum absolute atomic E-state index is 0.824. The molecule has 0 atom stereocenters. The first-order valence-electron chi connectivity index (χ1n) is 21.4. The van der Waals surface area contributed by atoms with Crippen LogP contribution in [0.25, 0.3) is 99.8 Å². The maximum atomic E-state index is 4.64. The zero-order valence-electron chi connectivity index (χ0n) is 34.8. The quantitative estimate of drug-likeness (QED) is 0.168. The van der Waals surface area contributed by atoms with Gasteiger partial charge in [0.25, 0.3) is 0 Å². The predicted octanol–water partition coefficient (Wildman–Crippen LogP) is 15.3. The number of aryl methyl sites for hydroxylation is 1. The maximum Gasteiger partial charge on any atom is 0.168 e. The molecule has 0 radical (unpaired) electrons. The molecule has 0 saturated heterocycles. The Labute approximate surface area is 366 Å². The smallest absolute Gasteiger partial charge is 0.168 e. The van der Waals surface area contributed by atoms with E-state index in [9.17, 15) is 0 Å². The Morgan fingerprint density at radius 3 is 1.27 bits per heavy atom. The zero-order valence-corrected chi connectivity index (χ0v) is 34.8. The molecule has 4 heteroatoms. The van der Waals surface area contributed by atoms with Gasteiger partial charge < -0.3 is 4.57 Å². The number of benzene rings is 9. The van der Waals surface area contributed by atoms with Crippen molar-refractivity contribution in [2.45, 2.75) is 6.92 Å². The predicted molar refractivity (Wildman–Crippen MR) is 263 cm³/mol. The van der Waals surface area contributed by atoms with Crippen molar-refractivity contribution in [1.82, 2.24) is 19.2 Å². The van der Waals surface area contributed by atoms with Crippen LogP contribution >= 0.6 is 0 Å². The number of aromatic nitrogens is 4. The maximum absolute atomic E-state index is 4.64. The van der Waals surface area contributed by atoms with Crippen LogP contribution < -0.4 is 0 Å². The molecule has 0 aliphatic heterocycles. The van der Waals surface area contributed by atoms with Gasteiger partial charge in [-0.15, -0.1) is 10.2 Å². The molecule has 0 aliphatic carbocycles. The Hall–Kier alpha value is -8.34. The molecule has 3 heterocycles. The average molecular weight is 807 g/mol. The lowest BCUT2D eigenvalue weighted by Crippen LogP contribution is -1.95. The van der Waals surface area contributed by atoms with E-state index in [2.05, 4.69) is 239 Å². The lowest BCUT2D eigenvalue weighted by molar-refractivity contribution is 1.11. The Balaban J connectivity index is 0.000000581. The summed E-state index contributed by atoms with van der Waals surface area (Å²) in [4.78, 5) is 0. The van der Waals surface area contributed by atoms with Crippen molar-refractivity contribution >= 4 is 38.2 Å². The van der Waals surface area contributed by atoms with Crippen LogP contribution in [0.1, 0.15) is 5.56 Å². The Morgan fingerprint density at radius 2 is 0.762 bits per heavy atom. The molecule has 0 fully saturated rings. The Bertz CT molecular complexity index is 3370. The summed E-state index contributed by atoms with van der Waals surface area (Å²) >= 11 is 0. The fraction of sp³-hybridized carbons (Fsp3) is 0.0169. The summed E-state index contributed by atoms with van der Waals surface area (Å²) < 4.78 is 4.47. The molecule has 3 aromatic heterocycles. The minimum atomic E-state index is 0.824. The van der Waals surface area contributed by atoms with Crippen LogP contribution in [0.4, 0.5) is 0 Å². The van der Waals surface area contributed by atoms with Crippen molar-refractivity contribution in [3.63, 3.8) is 0 Å². The molecule has 0 spiro atoms. The first-order chi connectivity index (χ1) is 31.1. The summed E-state index contributed by atoms with van der Waals surface area (Å²) in [5, 5.41) is 13.9. The lowest BCUT2D eigenvalue weighted by Gasteiger charge is -2.10. The third-order valence-electron chi connectivity index (χ3n) is 12.0. The minimum Gasteiger partial charge on any atom is -0.309 e. The topological polar surface area (TPSA) is 35.1 Å². The van der Waals surface area contributed by atoms with Crippen LogP contribution in [-0.2, 0) is 0 Å². The molecule has 298 valence electrons. The molecule has 12 aromatic rings. The van der Waals surface area contributed by atoms with E-state index < -0.39 is 0 Å². The molecule has 0 unspecified atom stereocenters. The third-order valence-corrected chi connectivity index (χ3v) is 12.0. The third kappa shape index (κ3) is 7.24. The first-order valence-corrected chi connectivity index (χ1v) is 21.4. The van der Waals surface area contributed by atoms with Gasteiger partial charge >= 0.3 is 0 Å². The van der Waals surface area contributed by atoms with Crippen molar-refractivity contribution in [2.24, 2.45) is 0 Å². The average Bonchev–Trinajstić information content (AvgIpc) is 3.94. The van der Waals surface area contributed by atoms with Crippen molar-refractivity contribution in [3.8, 4) is 61.6 Å². The second kappa shape index (κ2) is 16.3. The van der Waals surface area contributed by atoms with Gasteiger partial charge in [0, 0.05) is 33.6 Å². The molecule has 12 rings (SSSR count). The number of hydrogen-bond acceptors (Lipinski definition) is 2. The summed E-state index contributed by atoms with van der Waals surface area (Å²) in [5.74, 6) is 0.824. The van der Waals surface area contributed by atoms with E-state index in [1.165, 1.54) is 60.8 Å². The van der Waals surface area contributed by atoms with E-state index in [0.717, 1.165) is 44.5 Å². The first kappa shape index (κ1) is 37.6. The highest BCUT2D eigenvalue weighted by atomic mass is 15.2. The van der Waals surface area contributed by atoms with E-state index in [1.807, 2.05) is 24.3 Å². The highest BCUT2D eigenvalue weighted by Crippen LogP contribution is 2.38. The molecule has 0 saturated carbocycles. The standard InChI is InChI=1S/C52H34N4.C7H8/c1-3-9-35(10-4-1)37-15-19-39(20-16-37)43-25-29-49-47(33-43)48-34-44(40-21-17-38(18-22-40)36-11-5-2-6-12-36)26-30-50(48)56(49)45-27-23-42(24-28-45)51-53-54-52-46-14-8-7-13-41(46)31-32-55(51)52;1-7-5-3-2-4-6-7/h1-34H;2-6H,1H3. The summed E-state index contributed by atoms with van der Waals surface area (Å²) in [6, 6.07) is 82.1. The van der Waals surface area contributed by atoms with Gasteiger partial charge in [-0.25, -0.2) is 0 Å². The normalized spacial score (nSPS) is 11.3. The van der Waals surface area contributed by atoms with Crippen LogP contribution in [0.5, 0.6) is 0 Å². The van der Waals surface area contributed by atoms with Crippen molar-refractivity contribution in [2.75, 3.05) is 0 Å². The second-order valence-electron chi connectivity index (χ2n) is 16.0. The molecule has 63 heavy (non-hydrogen) atoms. The number of hydrogen-bond donors (Lipinski definition) is 0. The molecule has 9 aromatic carbocycles. The molecular weight excluding hydrogens is 765 g/mol. The fourth-order valence-corrected chi connectivity index (χ4v) is 8.74. The van der Waals surface area contributed by atoms with Gasteiger partial charge in [-0.3, -0.25) is 4.40 Å². The summed E-state index contributed by atoms with van der Waals surface area (Å²) in [7, 11) is 0. The summed E-state index contributed by atoms with van der Waals surface area (Å²) in [6.07, 6.45) is 2.06. The number of fused-ring (bicyclic) bond motifs is 6. The van der Waals surface area contributed by atoms with Gasteiger partial charge in [0.2, 0.25) is 0 Å². The molecule has 0 bridgehead atoms. The largest absolute Gasteiger partial charge is 0.309 e. The van der Waals surface area contributed by atoms with E-state index in [1.54, 1.807) is 0 Å². The Kier molecular flexibility index (Phi) is 9.72. The molecule has 4 nitrogen and oxygen atoms in total. The van der Waals surface area contributed by atoms with Crippen molar-refractivity contribution in [1.29, 1.82) is 0 Å². The van der Waals surface area contributed by atoms with Gasteiger partial charge in [-0.2, -0.15) is 0 Å². The van der Waals surface area contributed by atoms with E-state index in [-0.39, 0.29) is 0 Å². The number of nitrogens with zero attached hydrogens (tertiary/aromatic N) is 4. The van der Waals surface area contributed by atoms with Gasteiger partial charge in [-0.05, 0) is 111 Å². The number of rotatable bonds is 6. The highest BCUT2D eigenvalue weighted by molar-refractivity contribution is 6.11. The second-order valence-corrected chi connectivity index (χ2v) is 16.0. The van der Waals surface area contributed by atoms with E-state index >= 15 is 0 Å². The van der Waals surface area contributed by atoms with E-state index in [4.69, 9.17) is 0 Å². The SMILES string of the molecule is Cc1ccccc1.c1ccc(-c2ccc(-c3ccc4c(c3)c3cc(-c5ccc(-c6ccccc6)cc5)ccc3n4-c3ccc(-c4nnc5c6ccccc6ccn45)cc3)cc2)cc1. The van der Waals surface area contributed by atoms with Gasteiger partial charge in [0.15, 0.2) is 11.5 Å². The molecule has 0 N–H and O–H groups in total. The summed E-state index contributed by atoms with van der Waals surface area (Å²) in [6.45, 7) is 2.08. The summed E-state index contributed by atoms with van der Waals surface area (Å²) in [5.41, 5.74) is 16.2. The lowest BCUT2D eigenvalue weighted by atomic mass is 9.97. The van der Waals surface area contributed by atoms with Gasteiger partial charge in [0.1, 0.15) is 0 Å². The van der Waals surface area contributed by atoms with Crippen molar-refractivity contribution < 1.29 is 0 Å². The van der Waals surface area contributed by atoms with Crippen LogP contribution in [0.2, 0.25) is 0 Å². The monoisotopic (exact) mass is 806 g/mol. The van der Waals surface area contributed by atoms with E-state index in [0.29, 0.717) is 0 Å². The van der Waals surface area contributed by atoms with Gasteiger partial charge in [0.05, 0.1) is 11.0 Å². The zero-order chi connectivity index (χ0) is 42.1. The van der Waals surface area contributed by atoms with Crippen LogP contribution in [0, 0.1) is 6.92 Å². The van der Waals surface area contributed by atoms with Crippen LogP contribution in [-0.4, -0.2) is 19.2 Å². The van der Waals surface area contributed by atoms with Gasteiger partial charge in [-0.1, -0.05) is 181 Å². The molecule has 0 amide bonds. The highest BCUT2D eigenvalue weighted by Gasteiger charge is 2.17. The fourth-order valence-electron chi connectivity index (χ4n) is 8.74. The Morgan fingerprint density at radius 1 is 0.333 bits per heavy atom. The molecule has 0 aliphatic rings. The van der Waals surface area contributed by atoms with Crippen LogP contribution in [0.15, 0.2) is 237 Å². The molecular formula is C59H42N4. The van der Waals surface area contributed by atoms with Crippen molar-refractivity contribution in [3.05, 3.63) is 242 Å². The number of pyridine rings is 1.